The first-order chi connectivity index (χ1) is 9.49. The Kier molecular flexibility index (Phi) is 4.17. The summed E-state index contributed by atoms with van der Waals surface area (Å²) in [5, 5.41) is 6.20. The molecule has 0 saturated heterocycles. The Morgan fingerprint density at radius 2 is 1.80 bits per heavy atom. The van der Waals surface area contributed by atoms with Crippen LogP contribution in [-0.4, -0.2) is 17.0 Å². The summed E-state index contributed by atoms with van der Waals surface area (Å²) in [4.78, 5) is 8.87. The predicted octanol–water partition coefficient (Wildman–Crippen LogP) is 3.83. The van der Waals surface area contributed by atoms with E-state index in [4.69, 9.17) is 0 Å². The van der Waals surface area contributed by atoms with Gasteiger partial charge in [-0.3, -0.25) is 0 Å². The van der Waals surface area contributed by atoms with E-state index >= 15 is 0 Å². The molecule has 4 nitrogen and oxygen atoms in total. The molecule has 5 heteroatoms. The Balaban J connectivity index is 2.32. The SMILES string of the molecule is CNc1cc(Nc2ccc(F)c(C)c2)nc(C(C)C)n1. The normalized spacial score (nSPS) is 10.7. The lowest BCUT2D eigenvalue weighted by Crippen LogP contribution is -2.05. The average molecular weight is 274 g/mol. The van der Waals surface area contributed by atoms with E-state index in [1.54, 1.807) is 19.1 Å². The van der Waals surface area contributed by atoms with Gasteiger partial charge >= 0.3 is 0 Å². The highest BCUT2D eigenvalue weighted by Gasteiger charge is 2.08. The standard InChI is InChI=1S/C15H19FN4/c1-9(2)15-19-13(17-4)8-14(20-15)18-11-5-6-12(16)10(3)7-11/h5-9H,1-4H3,(H2,17,18,19,20). The Morgan fingerprint density at radius 1 is 1.10 bits per heavy atom. The van der Waals surface area contributed by atoms with Crippen LogP contribution in [0.2, 0.25) is 0 Å². The summed E-state index contributed by atoms with van der Waals surface area (Å²) in [7, 11) is 1.82. The number of aryl methyl sites for hydroxylation is 1. The van der Waals surface area contributed by atoms with Crippen molar-refractivity contribution in [2.24, 2.45) is 0 Å². The van der Waals surface area contributed by atoms with E-state index in [0.29, 0.717) is 11.4 Å². The predicted molar refractivity (Wildman–Crippen MR) is 80.1 cm³/mol. The van der Waals surface area contributed by atoms with Crippen LogP contribution in [0.25, 0.3) is 0 Å². The van der Waals surface area contributed by atoms with Crippen LogP contribution in [0.3, 0.4) is 0 Å². The van der Waals surface area contributed by atoms with Gasteiger partial charge in [0.1, 0.15) is 23.3 Å². The maximum absolute atomic E-state index is 13.3. The van der Waals surface area contributed by atoms with Gasteiger partial charge in [-0.25, -0.2) is 14.4 Å². The van der Waals surface area contributed by atoms with E-state index in [2.05, 4.69) is 20.6 Å². The van der Waals surface area contributed by atoms with Crippen LogP contribution in [0.1, 0.15) is 31.2 Å². The quantitative estimate of drug-likeness (QED) is 0.889. The Bertz CT molecular complexity index is 611. The second-order valence-corrected chi connectivity index (χ2v) is 4.99. The number of hydrogen-bond acceptors (Lipinski definition) is 4. The molecule has 0 unspecified atom stereocenters. The topological polar surface area (TPSA) is 49.8 Å². The first kappa shape index (κ1) is 14.2. The van der Waals surface area contributed by atoms with Crippen molar-refractivity contribution in [3.63, 3.8) is 0 Å². The van der Waals surface area contributed by atoms with E-state index in [1.807, 2.05) is 27.0 Å². The molecule has 0 bridgehead atoms. The number of nitrogens with one attached hydrogen (secondary N) is 2. The molecule has 106 valence electrons. The van der Waals surface area contributed by atoms with Gasteiger partial charge in [0.05, 0.1) is 0 Å². The van der Waals surface area contributed by atoms with Crippen molar-refractivity contribution in [1.82, 2.24) is 9.97 Å². The molecule has 2 rings (SSSR count). The summed E-state index contributed by atoms with van der Waals surface area (Å²) in [6.45, 7) is 5.82. The van der Waals surface area contributed by atoms with Crippen LogP contribution in [0.5, 0.6) is 0 Å². The van der Waals surface area contributed by atoms with E-state index < -0.39 is 0 Å². The van der Waals surface area contributed by atoms with Gasteiger partial charge in [-0.15, -0.1) is 0 Å². The van der Waals surface area contributed by atoms with Gasteiger partial charge in [-0.1, -0.05) is 13.8 Å². The molecule has 2 N–H and O–H groups in total. The van der Waals surface area contributed by atoms with E-state index in [9.17, 15) is 4.39 Å². The number of hydrogen-bond donors (Lipinski definition) is 2. The first-order valence-electron chi connectivity index (χ1n) is 6.59. The highest BCUT2D eigenvalue weighted by Crippen LogP contribution is 2.21. The van der Waals surface area contributed by atoms with Crippen molar-refractivity contribution in [3.05, 3.63) is 41.5 Å². The Morgan fingerprint density at radius 3 is 2.40 bits per heavy atom. The van der Waals surface area contributed by atoms with Gasteiger partial charge < -0.3 is 10.6 Å². The fourth-order valence-electron chi connectivity index (χ4n) is 1.79. The molecule has 1 aromatic carbocycles. The van der Waals surface area contributed by atoms with Crippen molar-refractivity contribution in [2.75, 3.05) is 17.7 Å². The largest absolute Gasteiger partial charge is 0.373 e. The monoisotopic (exact) mass is 274 g/mol. The zero-order valence-corrected chi connectivity index (χ0v) is 12.2. The van der Waals surface area contributed by atoms with Crippen LogP contribution >= 0.6 is 0 Å². The molecule has 2 aromatic rings. The summed E-state index contributed by atoms with van der Waals surface area (Å²) in [6, 6.07) is 6.72. The highest BCUT2D eigenvalue weighted by atomic mass is 19.1. The second kappa shape index (κ2) is 5.86. The summed E-state index contributed by atoms with van der Waals surface area (Å²) < 4.78 is 13.3. The number of benzene rings is 1. The molecule has 1 aromatic heterocycles. The van der Waals surface area contributed by atoms with Crippen molar-refractivity contribution in [2.45, 2.75) is 26.7 Å². The third-order valence-corrected chi connectivity index (χ3v) is 2.95. The first-order valence-corrected chi connectivity index (χ1v) is 6.59. The van der Waals surface area contributed by atoms with Gasteiger partial charge in [0.15, 0.2) is 0 Å². The summed E-state index contributed by atoms with van der Waals surface area (Å²) >= 11 is 0. The van der Waals surface area contributed by atoms with Crippen LogP contribution in [0.4, 0.5) is 21.7 Å². The lowest BCUT2D eigenvalue weighted by atomic mass is 10.2. The molecule has 0 amide bonds. The number of anilines is 3. The molecule has 0 aliphatic rings. The van der Waals surface area contributed by atoms with E-state index in [1.165, 1.54) is 6.07 Å². The van der Waals surface area contributed by atoms with Gasteiger partial charge in [0.2, 0.25) is 0 Å². The number of halogens is 1. The average Bonchev–Trinajstić information content (AvgIpc) is 2.42. The Labute approximate surface area is 118 Å². The summed E-state index contributed by atoms with van der Waals surface area (Å²) in [5.41, 5.74) is 1.40. The van der Waals surface area contributed by atoms with Gasteiger partial charge in [0.25, 0.3) is 0 Å². The molecule has 0 aliphatic carbocycles. The summed E-state index contributed by atoms with van der Waals surface area (Å²) in [6.07, 6.45) is 0. The molecule has 0 spiro atoms. The maximum atomic E-state index is 13.3. The van der Waals surface area contributed by atoms with Crippen molar-refractivity contribution in [3.8, 4) is 0 Å². The lowest BCUT2D eigenvalue weighted by molar-refractivity contribution is 0.619. The van der Waals surface area contributed by atoms with Crippen molar-refractivity contribution in [1.29, 1.82) is 0 Å². The lowest BCUT2D eigenvalue weighted by Gasteiger charge is -2.12. The molecule has 0 atom stereocenters. The summed E-state index contributed by atoms with van der Waals surface area (Å²) in [5.74, 6) is 2.23. The minimum absolute atomic E-state index is 0.211. The minimum atomic E-state index is -0.211. The second-order valence-electron chi connectivity index (χ2n) is 4.99. The number of rotatable bonds is 4. The molecular formula is C15H19FN4. The van der Waals surface area contributed by atoms with Gasteiger partial charge in [0, 0.05) is 24.7 Å². The zero-order chi connectivity index (χ0) is 14.7. The van der Waals surface area contributed by atoms with E-state index in [-0.39, 0.29) is 11.7 Å². The smallest absolute Gasteiger partial charge is 0.136 e. The van der Waals surface area contributed by atoms with Crippen molar-refractivity contribution >= 4 is 17.3 Å². The Hall–Kier alpha value is -2.17. The fourth-order valence-corrected chi connectivity index (χ4v) is 1.79. The molecule has 0 saturated carbocycles. The van der Waals surface area contributed by atoms with Gasteiger partial charge in [-0.05, 0) is 30.7 Å². The number of nitrogens with zero attached hydrogens (tertiary/aromatic N) is 2. The highest BCUT2D eigenvalue weighted by molar-refractivity contribution is 5.60. The minimum Gasteiger partial charge on any atom is -0.373 e. The molecule has 0 radical (unpaired) electrons. The van der Waals surface area contributed by atoms with Crippen LogP contribution in [-0.2, 0) is 0 Å². The number of aromatic nitrogens is 2. The molecule has 0 fully saturated rings. The van der Waals surface area contributed by atoms with Crippen LogP contribution in [0.15, 0.2) is 24.3 Å². The van der Waals surface area contributed by atoms with Crippen molar-refractivity contribution < 1.29 is 4.39 Å². The van der Waals surface area contributed by atoms with Crippen LogP contribution < -0.4 is 10.6 Å². The molecule has 1 heterocycles. The maximum Gasteiger partial charge on any atom is 0.136 e. The third-order valence-electron chi connectivity index (χ3n) is 2.95. The molecule has 0 aliphatic heterocycles. The fraction of sp³-hybridized carbons (Fsp3) is 0.333. The zero-order valence-electron chi connectivity index (χ0n) is 12.2. The van der Waals surface area contributed by atoms with Crippen LogP contribution in [0, 0.1) is 12.7 Å². The van der Waals surface area contributed by atoms with Gasteiger partial charge in [-0.2, -0.15) is 0 Å². The van der Waals surface area contributed by atoms with E-state index in [0.717, 1.165) is 17.3 Å². The third kappa shape index (κ3) is 3.23. The molecule has 20 heavy (non-hydrogen) atoms. The molecular weight excluding hydrogens is 255 g/mol.